The van der Waals surface area contributed by atoms with Crippen molar-refractivity contribution in [2.75, 3.05) is 0 Å². The number of aryl methyl sites for hydroxylation is 2. The van der Waals surface area contributed by atoms with Crippen LogP contribution >= 0.6 is 11.3 Å². The zero-order valence-corrected chi connectivity index (χ0v) is 13.6. The number of nitrogens with one attached hydrogen (secondary N) is 2. The van der Waals surface area contributed by atoms with Crippen molar-refractivity contribution < 1.29 is 4.79 Å². The second-order valence-corrected chi connectivity index (χ2v) is 6.46. The summed E-state index contributed by atoms with van der Waals surface area (Å²) < 4.78 is 0. The Morgan fingerprint density at radius 2 is 2.00 bits per heavy atom. The topological polar surface area (TPSA) is 70.1 Å². The van der Waals surface area contributed by atoms with Gasteiger partial charge in [-0.15, -0.1) is 11.3 Å². The molecule has 0 radical (unpaired) electrons. The van der Waals surface area contributed by atoms with Gasteiger partial charge in [-0.05, 0) is 26.0 Å². The van der Waals surface area contributed by atoms with Crippen LogP contribution in [0.5, 0.6) is 0 Å². The number of nitrogens with zero attached hydrogens (tertiary/aromatic N) is 2. The van der Waals surface area contributed by atoms with Crippen LogP contribution in [0.3, 0.4) is 0 Å². The maximum atomic E-state index is 11.9. The number of rotatable bonds is 4. The lowest BCUT2D eigenvalue weighted by Crippen LogP contribution is -2.16. The minimum Gasteiger partial charge on any atom is -0.277 e. The normalized spacial score (nSPS) is 11.0. The van der Waals surface area contributed by atoms with E-state index < -0.39 is 0 Å². The first kappa shape index (κ1) is 15.2. The lowest BCUT2D eigenvalue weighted by Gasteiger charge is -2.00. The zero-order chi connectivity index (χ0) is 16.2. The van der Waals surface area contributed by atoms with Gasteiger partial charge in [0, 0.05) is 16.0 Å². The second-order valence-electron chi connectivity index (χ2n) is 5.18. The summed E-state index contributed by atoms with van der Waals surface area (Å²) in [5.74, 6) is -0.209. The number of carbonyl (C=O) groups excluding carboxylic acids is 1. The van der Waals surface area contributed by atoms with Crippen molar-refractivity contribution in [2.24, 2.45) is 5.10 Å². The third-order valence-electron chi connectivity index (χ3n) is 3.34. The second kappa shape index (κ2) is 6.58. The number of carbonyl (C=O) groups is 1. The van der Waals surface area contributed by atoms with Crippen LogP contribution in [0.15, 0.2) is 47.7 Å². The summed E-state index contributed by atoms with van der Waals surface area (Å²) in [6.07, 6.45) is 3.27. The van der Waals surface area contributed by atoms with Crippen LogP contribution in [-0.4, -0.2) is 22.3 Å². The molecule has 1 amide bonds. The Bertz CT molecular complexity index is 846. The Kier molecular flexibility index (Phi) is 4.34. The number of amides is 1. The molecule has 0 saturated carbocycles. The Labute approximate surface area is 138 Å². The summed E-state index contributed by atoms with van der Waals surface area (Å²) in [6, 6.07) is 11.8. The number of aromatic amines is 1. The fourth-order valence-corrected chi connectivity index (χ4v) is 2.87. The molecule has 5 nitrogen and oxygen atoms in total. The number of H-pyrrole nitrogens is 1. The van der Waals surface area contributed by atoms with Gasteiger partial charge >= 0.3 is 0 Å². The SMILES string of the molecule is Cc1ccc(-c2[nH]ncc2/C=N/NC(=O)c2ccc(C)s2)cc1. The minimum absolute atomic E-state index is 0.209. The van der Waals surface area contributed by atoms with Gasteiger partial charge in [0.2, 0.25) is 0 Å². The maximum Gasteiger partial charge on any atom is 0.281 e. The molecule has 2 heterocycles. The smallest absolute Gasteiger partial charge is 0.277 e. The number of aromatic nitrogens is 2. The predicted octanol–water partition coefficient (Wildman–Crippen LogP) is 3.52. The van der Waals surface area contributed by atoms with E-state index in [0.717, 1.165) is 21.7 Å². The van der Waals surface area contributed by atoms with Crippen LogP contribution in [0.4, 0.5) is 0 Å². The molecule has 0 spiro atoms. The molecular weight excluding hydrogens is 308 g/mol. The van der Waals surface area contributed by atoms with Crippen LogP contribution < -0.4 is 5.43 Å². The first-order chi connectivity index (χ1) is 11.1. The van der Waals surface area contributed by atoms with E-state index in [1.165, 1.54) is 16.9 Å². The zero-order valence-electron chi connectivity index (χ0n) is 12.8. The van der Waals surface area contributed by atoms with Crippen molar-refractivity contribution in [2.45, 2.75) is 13.8 Å². The molecule has 0 bridgehead atoms. The van der Waals surface area contributed by atoms with E-state index in [4.69, 9.17) is 0 Å². The van der Waals surface area contributed by atoms with E-state index in [1.807, 2.05) is 44.2 Å². The molecule has 23 heavy (non-hydrogen) atoms. The summed E-state index contributed by atoms with van der Waals surface area (Å²) in [6.45, 7) is 4.00. The average molecular weight is 324 g/mol. The highest BCUT2D eigenvalue weighted by Gasteiger charge is 2.08. The molecule has 3 aromatic rings. The fourth-order valence-electron chi connectivity index (χ4n) is 2.12. The van der Waals surface area contributed by atoms with Crippen molar-refractivity contribution in [1.29, 1.82) is 0 Å². The van der Waals surface area contributed by atoms with Crippen molar-refractivity contribution in [3.63, 3.8) is 0 Å². The molecule has 0 aliphatic rings. The molecule has 0 aliphatic carbocycles. The van der Waals surface area contributed by atoms with Gasteiger partial charge in [0.25, 0.3) is 5.91 Å². The van der Waals surface area contributed by atoms with Gasteiger partial charge in [-0.1, -0.05) is 29.8 Å². The Hall–Kier alpha value is -2.73. The number of thiophene rings is 1. The van der Waals surface area contributed by atoms with Gasteiger partial charge in [0.05, 0.1) is 23.0 Å². The number of hydrogen-bond acceptors (Lipinski definition) is 4. The van der Waals surface area contributed by atoms with E-state index in [9.17, 15) is 4.79 Å². The van der Waals surface area contributed by atoms with E-state index in [0.29, 0.717) is 4.88 Å². The molecule has 0 unspecified atom stereocenters. The van der Waals surface area contributed by atoms with Crippen molar-refractivity contribution in [1.82, 2.24) is 15.6 Å². The van der Waals surface area contributed by atoms with Crippen molar-refractivity contribution in [3.8, 4) is 11.3 Å². The Balaban J connectivity index is 1.72. The van der Waals surface area contributed by atoms with Gasteiger partial charge < -0.3 is 0 Å². The first-order valence-corrected chi connectivity index (χ1v) is 7.95. The Morgan fingerprint density at radius 1 is 1.22 bits per heavy atom. The van der Waals surface area contributed by atoms with Crippen molar-refractivity contribution >= 4 is 23.5 Å². The van der Waals surface area contributed by atoms with Gasteiger partial charge in [0.15, 0.2) is 0 Å². The van der Waals surface area contributed by atoms with Crippen LogP contribution in [0.25, 0.3) is 11.3 Å². The summed E-state index contributed by atoms with van der Waals surface area (Å²) >= 11 is 1.44. The molecule has 0 fully saturated rings. The third kappa shape index (κ3) is 3.54. The molecule has 0 aliphatic heterocycles. The first-order valence-electron chi connectivity index (χ1n) is 7.14. The summed E-state index contributed by atoms with van der Waals surface area (Å²) in [5, 5.41) is 11.0. The quantitative estimate of drug-likeness (QED) is 0.569. The van der Waals surface area contributed by atoms with Crippen LogP contribution in [-0.2, 0) is 0 Å². The highest BCUT2D eigenvalue weighted by molar-refractivity contribution is 7.13. The van der Waals surface area contributed by atoms with E-state index in [-0.39, 0.29) is 5.91 Å². The van der Waals surface area contributed by atoms with Crippen LogP contribution in [0, 0.1) is 13.8 Å². The standard InChI is InChI=1S/C17H16N4OS/c1-11-3-6-13(7-4-11)16-14(9-18-20-16)10-19-21-17(22)15-8-5-12(2)23-15/h3-10H,1-2H3,(H,18,20)(H,21,22)/b19-10+. The minimum atomic E-state index is -0.209. The molecule has 0 atom stereocenters. The molecular formula is C17H16N4OS. The molecule has 1 aromatic carbocycles. The molecule has 3 rings (SSSR count). The highest BCUT2D eigenvalue weighted by Crippen LogP contribution is 2.20. The monoisotopic (exact) mass is 324 g/mol. The summed E-state index contributed by atoms with van der Waals surface area (Å²) in [7, 11) is 0. The number of hydrazone groups is 1. The molecule has 2 aromatic heterocycles. The lowest BCUT2D eigenvalue weighted by atomic mass is 10.1. The fraction of sp³-hybridized carbons (Fsp3) is 0.118. The molecule has 2 N–H and O–H groups in total. The van der Waals surface area contributed by atoms with Gasteiger partial charge in [-0.2, -0.15) is 10.2 Å². The van der Waals surface area contributed by atoms with Crippen LogP contribution in [0.1, 0.15) is 25.7 Å². The molecule has 0 saturated heterocycles. The predicted molar refractivity (Wildman–Crippen MR) is 92.9 cm³/mol. The van der Waals surface area contributed by atoms with E-state index in [1.54, 1.807) is 18.5 Å². The maximum absolute atomic E-state index is 11.9. The van der Waals surface area contributed by atoms with Gasteiger partial charge in [-0.3, -0.25) is 9.89 Å². The summed E-state index contributed by atoms with van der Waals surface area (Å²) in [4.78, 5) is 13.7. The third-order valence-corrected chi connectivity index (χ3v) is 4.34. The summed E-state index contributed by atoms with van der Waals surface area (Å²) in [5.41, 5.74) is 6.44. The van der Waals surface area contributed by atoms with Crippen molar-refractivity contribution in [3.05, 3.63) is 63.5 Å². The average Bonchev–Trinajstić information content (AvgIpc) is 3.17. The molecule has 116 valence electrons. The van der Waals surface area contributed by atoms with Gasteiger partial charge in [0.1, 0.15) is 0 Å². The van der Waals surface area contributed by atoms with Gasteiger partial charge in [-0.25, -0.2) is 5.43 Å². The van der Waals surface area contributed by atoms with E-state index >= 15 is 0 Å². The highest BCUT2D eigenvalue weighted by atomic mass is 32.1. The Morgan fingerprint density at radius 3 is 2.70 bits per heavy atom. The largest absolute Gasteiger partial charge is 0.281 e. The molecule has 6 heteroatoms. The van der Waals surface area contributed by atoms with E-state index in [2.05, 4.69) is 20.7 Å². The lowest BCUT2D eigenvalue weighted by molar-refractivity contribution is 0.0959. The van der Waals surface area contributed by atoms with Crippen LogP contribution in [0.2, 0.25) is 0 Å². The number of hydrogen-bond donors (Lipinski definition) is 2. The number of benzene rings is 1.